The van der Waals surface area contributed by atoms with Crippen LogP contribution in [0.15, 0.2) is 0 Å². The SMILES string of the molecule is CCOC(=O)C(C)N(OC(CCN)C(F)(F)F)P=O. The molecule has 0 aliphatic heterocycles. The number of carbonyl (C=O) groups excluding carboxylic acids is 1. The average molecular weight is 304 g/mol. The highest BCUT2D eigenvalue weighted by Crippen LogP contribution is 2.28. The number of nitrogens with zero attached hydrogens (tertiary/aromatic N) is 1. The molecule has 6 nitrogen and oxygen atoms in total. The maximum atomic E-state index is 12.6. The van der Waals surface area contributed by atoms with E-state index in [9.17, 15) is 22.5 Å². The number of halogens is 3. The summed E-state index contributed by atoms with van der Waals surface area (Å²) in [5, 5.41) is 0. The van der Waals surface area contributed by atoms with Crippen LogP contribution in [-0.2, 0) is 18.9 Å². The number of alkyl halides is 3. The van der Waals surface area contributed by atoms with Gasteiger partial charge in [0.15, 0.2) is 6.10 Å². The summed E-state index contributed by atoms with van der Waals surface area (Å²) >= 11 is 0. The number of carbonyl (C=O) groups is 1. The van der Waals surface area contributed by atoms with Crippen molar-refractivity contribution in [3.05, 3.63) is 0 Å². The number of ether oxygens (including phenoxy) is 1. The monoisotopic (exact) mass is 304 g/mol. The molecule has 10 heteroatoms. The first-order valence-corrected chi connectivity index (χ1v) is 6.27. The van der Waals surface area contributed by atoms with Gasteiger partial charge in [-0.3, -0.25) is 14.2 Å². The Hall–Kier alpha value is -0.760. The van der Waals surface area contributed by atoms with Crippen molar-refractivity contribution < 1.29 is 32.1 Å². The largest absolute Gasteiger partial charge is 0.465 e. The topological polar surface area (TPSA) is 81.9 Å². The normalized spacial score (nSPS) is 15.5. The van der Waals surface area contributed by atoms with Crippen molar-refractivity contribution in [1.29, 1.82) is 0 Å². The van der Waals surface area contributed by atoms with Crippen LogP contribution in [0.25, 0.3) is 0 Å². The van der Waals surface area contributed by atoms with E-state index in [4.69, 9.17) is 5.73 Å². The van der Waals surface area contributed by atoms with Crippen LogP contribution in [0, 0.1) is 0 Å². The van der Waals surface area contributed by atoms with Crippen molar-refractivity contribution in [3.63, 3.8) is 0 Å². The van der Waals surface area contributed by atoms with Crippen molar-refractivity contribution in [2.75, 3.05) is 13.2 Å². The molecule has 0 aromatic rings. The molecule has 2 unspecified atom stereocenters. The zero-order valence-electron chi connectivity index (χ0n) is 10.5. The van der Waals surface area contributed by atoms with Crippen LogP contribution in [0.4, 0.5) is 13.2 Å². The smallest absolute Gasteiger partial charge is 0.416 e. The van der Waals surface area contributed by atoms with Gasteiger partial charge in [0, 0.05) is 0 Å². The van der Waals surface area contributed by atoms with Gasteiger partial charge in [-0.25, -0.2) is 0 Å². The first kappa shape index (κ1) is 18.2. The predicted molar refractivity (Wildman–Crippen MR) is 60.1 cm³/mol. The van der Waals surface area contributed by atoms with Crippen molar-refractivity contribution in [1.82, 2.24) is 4.83 Å². The average Bonchev–Trinajstić information content (AvgIpc) is 2.32. The summed E-state index contributed by atoms with van der Waals surface area (Å²) in [6.07, 6.45) is -7.40. The van der Waals surface area contributed by atoms with E-state index in [0.717, 1.165) is 0 Å². The molecular formula is C9H16F3N2O4P. The van der Waals surface area contributed by atoms with Crippen LogP contribution >= 0.6 is 8.61 Å². The zero-order chi connectivity index (χ0) is 15.1. The lowest BCUT2D eigenvalue weighted by molar-refractivity contribution is -0.278. The minimum Gasteiger partial charge on any atom is -0.465 e. The summed E-state index contributed by atoms with van der Waals surface area (Å²) in [5.41, 5.74) is 5.06. The molecule has 0 heterocycles. The summed E-state index contributed by atoms with van der Waals surface area (Å²) in [6, 6.07) is -1.23. The summed E-state index contributed by atoms with van der Waals surface area (Å²) in [7, 11) is -0.878. The fraction of sp³-hybridized carbons (Fsp3) is 0.889. The fourth-order valence-electron chi connectivity index (χ4n) is 1.09. The van der Waals surface area contributed by atoms with Gasteiger partial charge in [0.05, 0.1) is 6.61 Å². The highest BCUT2D eigenvalue weighted by atomic mass is 31.1. The van der Waals surface area contributed by atoms with E-state index in [0.29, 0.717) is 4.83 Å². The molecule has 0 rings (SSSR count). The van der Waals surface area contributed by atoms with Crippen LogP contribution in [-0.4, -0.2) is 42.3 Å². The number of rotatable bonds is 8. The molecular weight excluding hydrogens is 288 g/mol. The molecule has 19 heavy (non-hydrogen) atoms. The maximum absolute atomic E-state index is 12.6. The molecule has 0 aromatic heterocycles. The Morgan fingerprint density at radius 3 is 2.42 bits per heavy atom. The van der Waals surface area contributed by atoms with Gasteiger partial charge >= 0.3 is 12.1 Å². The van der Waals surface area contributed by atoms with Gasteiger partial charge in [0.2, 0.25) is 0 Å². The summed E-state index contributed by atoms with van der Waals surface area (Å²) in [4.78, 5) is 16.3. The van der Waals surface area contributed by atoms with E-state index in [1.54, 1.807) is 0 Å². The molecule has 0 aliphatic carbocycles. The van der Waals surface area contributed by atoms with E-state index < -0.39 is 39.3 Å². The van der Waals surface area contributed by atoms with Gasteiger partial charge in [0.1, 0.15) is 6.04 Å². The molecule has 0 aromatic carbocycles. The van der Waals surface area contributed by atoms with Crippen molar-refractivity contribution >= 4 is 14.6 Å². The number of hydrogen-bond acceptors (Lipinski definition) is 5. The Bertz CT molecular complexity index is 304. The lowest BCUT2D eigenvalue weighted by atomic mass is 10.2. The summed E-state index contributed by atoms with van der Waals surface area (Å²) in [5.74, 6) is -0.834. The lowest BCUT2D eigenvalue weighted by Crippen LogP contribution is -2.42. The Kier molecular flexibility index (Phi) is 8.08. The molecule has 0 radical (unpaired) electrons. The van der Waals surface area contributed by atoms with Gasteiger partial charge < -0.3 is 10.5 Å². The van der Waals surface area contributed by atoms with Gasteiger partial charge in [-0.15, -0.1) is 0 Å². The number of esters is 1. The second-order valence-corrected chi connectivity index (χ2v) is 4.08. The van der Waals surface area contributed by atoms with E-state index >= 15 is 0 Å². The van der Waals surface area contributed by atoms with Crippen molar-refractivity contribution in [2.45, 2.75) is 38.6 Å². The Labute approximate surface area is 110 Å². The molecule has 0 saturated heterocycles. The standard InChI is InChI=1S/C9H16F3N2O4P/c1-3-17-8(15)6(2)14(19-16)18-7(4-5-13)9(10,11)12/h6-7H,3-5,13H2,1-2H3. The summed E-state index contributed by atoms with van der Waals surface area (Å²) in [6.45, 7) is 2.55. The Morgan fingerprint density at radius 2 is 2.05 bits per heavy atom. The van der Waals surface area contributed by atoms with Crippen LogP contribution in [0.1, 0.15) is 20.3 Å². The molecule has 0 spiro atoms. The molecule has 112 valence electrons. The van der Waals surface area contributed by atoms with E-state index in [-0.39, 0.29) is 13.2 Å². The first-order chi connectivity index (χ1) is 8.77. The number of nitrogens with two attached hydrogens (primary N) is 1. The van der Waals surface area contributed by atoms with Crippen LogP contribution < -0.4 is 5.73 Å². The summed E-state index contributed by atoms with van der Waals surface area (Å²) < 4.78 is 53.2. The van der Waals surface area contributed by atoms with E-state index in [1.165, 1.54) is 13.8 Å². The Balaban J connectivity index is 4.76. The third-order valence-corrected chi connectivity index (χ3v) is 2.67. The molecule has 0 aliphatic rings. The Morgan fingerprint density at radius 1 is 1.47 bits per heavy atom. The fourth-order valence-corrected chi connectivity index (χ4v) is 1.48. The molecule has 0 bridgehead atoms. The van der Waals surface area contributed by atoms with Gasteiger partial charge in [0.25, 0.3) is 8.61 Å². The van der Waals surface area contributed by atoms with Crippen molar-refractivity contribution in [2.24, 2.45) is 5.73 Å². The molecule has 2 N–H and O–H groups in total. The molecule has 2 atom stereocenters. The zero-order valence-corrected chi connectivity index (χ0v) is 11.4. The maximum Gasteiger partial charge on any atom is 0.416 e. The van der Waals surface area contributed by atoms with Crippen LogP contribution in [0.2, 0.25) is 0 Å². The number of hydrogen-bond donors (Lipinski definition) is 1. The van der Waals surface area contributed by atoms with Gasteiger partial charge in [-0.05, 0) is 26.8 Å². The van der Waals surface area contributed by atoms with Crippen molar-refractivity contribution in [3.8, 4) is 0 Å². The minimum atomic E-state index is -4.67. The number of hydroxylamine groups is 1. The third-order valence-electron chi connectivity index (χ3n) is 2.07. The second-order valence-electron chi connectivity index (χ2n) is 3.53. The minimum absolute atomic E-state index is 0.0538. The molecule has 0 saturated carbocycles. The van der Waals surface area contributed by atoms with Gasteiger partial charge in [-0.2, -0.15) is 13.2 Å². The molecule has 0 fully saturated rings. The van der Waals surface area contributed by atoms with Crippen LogP contribution in [0.5, 0.6) is 0 Å². The molecule has 0 amide bonds. The van der Waals surface area contributed by atoms with Crippen LogP contribution in [0.3, 0.4) is 0 Å². The lowest BCUT2D eigenvalue weighted by Gasteiger charge is -2.26. The first-order valence-electron chi connectivity index (χ1n) is 5.50. The highest BCUT2D eigenvalue weighted by molar-refractivity contribution is 7.20. The van der Waals surface area contributed by atoms with E-state index in [1.807, 2.05) is 0 Å². The predicted octanol–water partition coefficient (Wildman–Crippen LogP) is 1.66. The third kappa shape index (κ3) is 6.29. The van der Waals surface area contributed by atoms with Gasteiger partial charge in [-0.1, -0.05) is 4.83 Å². The highest BCUT2D eigenvalue weighted by Gasteiger charge is 2.43. The second kappa shape index (κ2) is 8.42. The quantitative estimate of drug-likeness (QED) is 0.417. The van der Waals surface area contributed by atoms with E-state index in [2.05, 4.69) is 9.57 Å².